The van der Waals surface area contributed by atoms with E-state index in [4.69, 9.17) is 10.5 Å². The summed E-state index contributed by atoms with van der Waals surface area (Å²) < 4.78 is 5.42. The fraction of sp³-hybridized carbons (Fsp3) is 0.333. The predicted molar refractivity (Wildman–Crippen MR) is 76.3 cm³/mol. The topological polar surface area (TPSA) is 61.0 Å². The number of nitrogens with two attached hydrogens (primary N) is 1. The number of hydrogen-bond acceptors (Lipinski definition) is 4. The van der Waals surface area contributed by atoms with Crippen LogP contribution in [0.1, 0.15) is 22.4 Å². The van der Waals surface area contributed by atoms with Crippen LogP contribution in [0.25, 0.3) is 0 Å². The summed E-state index contributed by atoms with van der Waals surface area (Å²) in [6.45, 7) is 4.04. The summed E-state index contributed by atoms with van der Waals surface area (Å²) in [6, 6.07) is 3.91. The summed E-state index contributed by atoms with van der Waals surface area (Å²) >= 11 is 0. The van der Waals surface area contributed by atoms with E-state index in [2.05, 4.69) is 9.97 Å². The Labute approximate surface area is 113 Å². The van der Waals surface area contributed by atoms with Crippen molar-refractivity contribution in [1.29, 1.82) is 0 Å². The maximum atomic E-state index is 5.85. The van der Waals surface area contributed by atoms with Crippen molar-refractivity contribution in [3.05, 3.63) is 46.9 Å². The third-order valence-electron chi connectivity index (χ3n) is 3.31. The van der Waals surface area contributed by atoms with Crippen LogP contribution < -0.4 is 10.5 Å². The Hall–Kier alpha value is -2.10. The summed E-state index contributed by atoms with van der Waals surface area (Å²) in [5.41, 5.74) is 10.1. The summed E-state index contributed by atoms with van der Waals surface area (Å²) in [5, 5.41) is 0. The smallest absolute Gasteiger partial charge is 0.128 e. The lowest BCUT2D eigenvalue weighted by Gasteiger charge is -2.12. The van der Waals surface area contributed by atoms with Gasteiger partial charge < -0.3 is 10.5 Å². The molecule has 0 aliphatic carbocycles. The van der Waals surface area contributed by atoms with E-state index in [9.17, 15) is 0 Å². The van der Waals surface area contributed by atoms with Gasteiger partial charge in [0.15, 0.2) is 0 Å². The van der Waals surface area contributed by atoms with E-state index in [0.29, 0.717) is 5.82 Å². The molecule has 0 aliphatic rings. The van der Waals surface area contributed by atoms with Crippen molar-refractivity contribution in [3.63, 3.8) is 0 Å². The zero-order valence-corrected chi connectivity index (χ0v) is 11.6. The van der Waals surface area contributed by atoms with Gasteiger partial charge in [0.1, 0.15) is 11.6 Å². The first-order chi connectivity index (χ1) is 9.13. The molecule has 0 aliphatic heterocycles. The van der Waals surface area contributed by atoms with Gasteiger partial charge in [-0.2, -0.15) is 0 Å². The van der Waals surface area contributed by atoms with Crippen molar-refractivity contribution in [1.82, 2.24) is 9.97 Å². The molecule has 0 amide bonds. The molecule has 2 N–H and O–H groups in total. The van der Waals surface area contributed by atoms with Gasteiger partial charge >= 0.3 is 0 Å². The number of pyridine rings is 2. The molecule has 4 nitrogen and oxygen atoms in total. The van der Waals surface area contributed by atoms with E-state index in [-0.39, 0.29) is 0 Å². The second-order valence-corrected chi connectivity index (χ2v) is 4.59. The highest BCUT2D eigenvalue weighted by atomic mass is 16.5. The van der Waals surface area contributed by atoms with E-state index >= 15 is 0 Å². The Morgan fingerprint density at radius 1 is 1.21 bits per heavy atom. The molecule has 2 rings (SSSR count). The maximum absolute atomic E-state index is 5.85. The Bertz CT molecular complexity index is 582. The number of methoxy groups -OCH3 is 1. The highest BCUT2D eigenvalue weighted by Crippen LogP contribution is 2.25. The molecule has 0 saturated carbocycles. The highest BCUT2D eigenvalue weighted by molar-refractivity contribution is 5.42. The van der Waals surface area contributed by atoms with Gasteiger partial charge in [0, 0.05) is 29.2 Å². The van der Waals surface area contributed by atoms with Gasteiger partial charge in [-0.15, -0.1) is 0 Å². The molecule has 0 unspecified atom stereocenters. The van der Waals surface area contributed by atoms with Crippen molar-refractivity contribution in [2.75, 3.05) is 12.8 Å². The van der Waals surface area contributed by atoms with Gasteiger partial charge in [0.25, 0.3) is 0 Å². The number of ether oxygens (including phenoxy) is 1. The predicted octanol–water partition coefficient (Wildman–Crippen LogP) is 2.47. The van der Waals surface area contributed by atoms with E-state index in [1.54, 1.807) is 13.3 Å². The van der Waals surface area contributed by atoms with Gasteiger partial charge in [-0.25, -0.2) is 4.98 Å². The number of nitrogen functional groups attached to an aromatic ring is 1. The third-order valence-corrected chi connectivity index (χ3v) is 3.31. The quantitative estimate of drug-likeness (QED) is 0.914. The molecule has 2 heterocycles. The molecule has 2 aromatic heterocycles. The van der Waals surface area contributed by atoms with Crippen molar-refractivity contribution < 1.29 is 4.74 Å². The van der Waals surface area contributed by atoms with Crippen molar-refractivity contribution in [3.8, 4) is 5.75 Å². The first kappa shape index (κ1) is 13.3. The summed E-state index contributed by atoms with van der Waals surface area (Å²) in [4.78, 5) is 8.58. The Morgan fingerprint density at radius 2 is 2.00 bits per heavy atom. The average Bonchev–Trinajstić information content (AvgIpc) is 2.40. The first-order valence-corrected chi connectivity index (χ1v) is 6.32. The van der Waals surface area contributed by atoms with Crippen molar-refractivity contribution in [2.24, 2.45) is 0 Å². The van der Waals surface area contributed by atoms with Crippen LogP contribution in [-0.4, -0.2) is 17.1 Å². The van der Waals surface area contributed by atoms with Crippen LogP contribution >= 0.6 is 0 Å². The molecule has 0 radical (unpaired) electrons. The second kappa shape index (κ2) is 5.69. The lowest BCUT2D eigenvalue weighted by molar-refractivity contribution is 0.407. The summed E-state index contributed by atoms with van der Waals surface area (Å²) in [6.07, 6.45) is 5.23. The Kier molecular flexibility index (Phi) is 4.00. The van der Waals surface area contributed by atoms with Gasteiger partial charge in [0.05, 0.1) is 7.11 Å². The molecule has 4 heteroatoms. The SMILES string of the molecule is COc1c(C)cnc(CCc2cccnc2N)c1C. The Morgan fingerprint density at radius 3 is 2.68 bits per heavy atom. The van der Waals surface area contributed by atoms with Gasteiger partial charge in [-0.3, -0.25) is 4.98 Å². The number of rotatable bonds is 4. The number of nitrogens with zero attached hydrogens (tertiary/aromatic N) is 2. The first-order valence-electron chi connectivity index (χ1n) is 6.32. The van der Waals surface area contributed by atoms with Gasteiger partial charge in [0.2, 0.25) is 0 Å². The molecule has 0 fully saturated rings. The zero-order valence-electron chi connectivity index (χ0n) is 11.6. The minimum atomic E-state index is 0.597. The number of aromatic nitrogens is 2. The summed E-state index contributed by atoms with van der Waals surface area (Å²) in [5.74, 6) is 1.52. The average molecular weight is 257 g/mol. The van der Waals surface area contributed by atoms with Crippen molar-refractivity contribution in [2.45, 2.75) is 26.7 Å². The van der Waals surface area contributed by atoms with E-state index in [1.165, 1.54) is 0 Å². The lowest BCUT2D eigenvalue weighted by atomic mass is 10.0. The molecular formula is C15H19N3O. The molecular weight excluding hydrogens is 238 g/mol. The van der Waals surface area contributed by atoms with Gasteiger partial charge in [-0.05, 0) is 38.3 Å². The standard InChI is InChI=1S/C15H19N3O/c1-10-9-18-13(11(2)14(10)19-3)7-6-12-5-4-8-17-15(12)16/h4-5,8-9H,6-7H2,1-3H3,(H2,16,17). The summed E-state index contributed by atoms with van der Waals surface area (Å²) in [7, 11) is 1.69. The third kappa shape index (κ3) is 2.84. The van der Waals surface area contributed by atoms with Crippen LogP contribution in [0.15, 0.2) is 24.5 Å². The molecule has 0 atom stereocenters. The van der Waals surface area contributed by atoms with Crippen LogP contribution in [0.5, 0.6) is 5.75 Å². The fourth-order valence-corrected chi connectivity index (χ4v) is 2.24. The van der Waals surface area contributed by atoms with Crippen LogP contribution in [0.3, 0.4) is 0 Å². The van der Waals surface area contributed by atoms with E-state index in [1.807, 2.05) is 32.2 Å². The van der Waals surface area contributed by atoms with Crippen LogP contribution in [0.4, 0.5) is 5.82 Å². The largest absolute Gasteiger partial charge is 0.496 e. The fourth-order valence-electron chi connectivity index (χ4n) is 2.24. The Balaban J connectivity index is 2.19. The van der Waals surface area contributed by atoms with Crippen LogP contribution in [0.2, 0.25) is 0 Å². The molecule has 0 bridgehead atoms. The molecule has 19 heavy (non-hydrogen) atoms. The molecule has 2 aromatic rings. The minimum Gasteiger partial charge on any atom is -0.496 e. The molecule has 100 valence electrons. The monoisotopic (exact) mass is 257 g/mol. The molecule has 0 spiro atoms. The number of anilines is 1. The van der Waals surface area contributed by atoms with Crippen molar-refractivity contribution >= 4 is 5.82 Å². The van der Waals surface area contributed by atoms with E-state index in [0.717, 1.165) is 41.0 Å². The minimum absolute atomic E-state index is 0.597. The highest BCUT2D eigenvalue weighted by Gasteiger charge is 2.10. The maximum Gasteiger partial charge on any atom is 0.128 e. The number of hydrogen-bond donors (Lipinski definition) is 1. The normalized spacial score (nSPS) is 10.5. The second-order valence-electron chi connectivity index (χ2n) is 4.59. The lowest BCUT2D eigenvalue weighted by Crippen LogP contribution is -2.04. The van der Waals surface area contributed by atoms with Crippen LogP contribution in [0, 0.1) is 13.8 Å². The van der Waals surface area contributed by atoms with Crippen LogP contribution in [-0.2, 0) is 12.8 Å². The zero-order chi connectivity index (χ0) is 13.8. The van der Waals surface area contributed by atoms with E-state index < -0.39 is 0 Å². The molecule has 0 aromatic carbocycles. The number of aryl methyl sites for hydroxylation is 3. The molecule has 0 saturated heterocycles. The van der Waals surface area contributed by atoms with Gasteiger partial charge in [-0.1, -0.05) is 6.07 Å².